The lowest BCUT2D eigenvalue weighted by molar-refractivity contribution is -0.119. The molecule has 0 saturated carbocycles. The number of amides is 1. The first-order valence-electron chi connectivity index (χ1n) is 6.15. The van der Waals surface area contributed by atoms with Gasteiger partial charge in [0.1, 0.15) is 0 Å². The van der Waals surface area contributed by atoms with E-state index >= 15 is 0 Å². The summed E-state index contributed by atoms with van der Waals surface area (Å²) in [5.74, 6) is 0.242. The molecule has 1 amide bonds. The summed E-state index contributed by atoms with van der Waals surface area (Å²) in [4.78, 5) is 23.0. The minimum atomic E-state index is -0.221. The zero-order chi connectivity index (χ0) is 13.5. The number of nitrogens with one attached hydrogen (secondary N) is 2. The Labute approximate surface area is 111 Å². The summed E-state index contributed by atoms with van der Waals surface area (Å²) < 4.78 is 1.56. The van der Waals surface area contributed by atoms with E-state index in [1.165, 1.54) is 11.8 Å². The van der Waals surface area contributed by atoms with Crippen LogP contribution in [0.5, 0.6) is 0 Å². The lowest BCUT2D eigenvalue weighted by Crippen LogP contribution is -2.33. The largest absolute Gasteiger partial charge is 0.353 e. The van der Waals surface area contributed by atoms with E-state index in [2.05, 4.69) is 15.5 Å². The number of aromatic nitrogens is 3. The van der Waals surface area contributed by atoms with Crippen molar-refractivity contribution < 1.29 is 4.79 Å². The van der Waals surface area contributed by atoms with E-state index in [-0.39, 0.29) is 23.4 Å². The van der Waals surface area contributed by atoms with E-state index in [9.17, 15) is 9.59 Å². The second-order valence-electron chi connectivity index (χ2n) is 4.13. The van der Waals surface area contributed by atoms with Crippen LogP contribution in [0.25, 0.3) is 0 Å². The summed E-state index contributed by atoms with van der Waals surface area (Å²) >= 11 is 1.28. The highest BCUT2D eigenvalue weighted by atomic mass is 32.2. The van der Waals surface area contributed by atoms with Gasteiger partial charge in [-0.3, -0.25) is 9.36 Å². The normalized spacial score (nSPS) is 12.4. The molecule has 18 heavy (non-hydrogen) atoms. The molecular weight excluding hydrogens is 252 g/mol. The number of H-pyrrole nitrogens is 1. The van der Waals surface area contributed by atoms with E-state index < -0.39 is 0 Å². The Morgan fingerprint density at radius 3 is 2.89 bits per heavy atom. The quantitative estimate of drug-likeness (QED) is 0.725. The van der Waals surface area contributed by atoms with Gasteiger partial charge in [-0.05, 0) is 19.8 Å². The van der Waals surface area contributed by atoms with E-state index in [4.69, 9.17) is 0 Å². The Morgan fingerprint density at radius 1 is 1.56 bits per heavy atom. The van der Waals surface area contributed by atoms with Crippen LogP contribution in [-0.4, -0.2) is 32.5 Å². The van der Waals surface area contributed by atoms with Crippen molar-refractivity contribution in [3.05, 3.63) is 10.5 Å². The van der Waals surface area contributed by atoms with Crippen LogP contribution in [0.4, 0.5) is 0 Å². The second kappa shape index (κ2) is 7.25. The molecule has 0 spiro atoms. The fraction of sp³-hybridized carbons (Fsp3) is 0.727. The molecule has 0 radical (unpaired) electrons. The molecule has 1 atom stereocenters. The van der Waals surface area contributed by atoms with Crippen molar-refractivity contribution in [1.29, 1.82) is 0 Å². The van der Waals surface area contributed by atoms with Crippen molar-refractivity contribution in [3.63, 3.8) is 0 Å². The van der Waals surface area contributed by atoms with Gasteiger partial charge in [0.2, 0.25) is 5.91 Å². The van der Waals surface area contributed by atoms with Gasteiger partial charge in [-0.15, -0.1) is 5.10 Å². The van der Waals surface area contributed by atoms with Crippen LogP contribution in [0.2, 0.25) is 0 Å². The van der Waals surface area contributed by atoms with Crippen LogP contribution in [0.1, 0.15) is 33.6 Å². The summed E-state index contributed by atoms with van der Waals surface area (Å²) in [5.41, 5.74) is -0.221. The van der Waals surface area contributed by atoms with Gasteiger partial charge in [-0.25, -0.2) is 9.89 Å². The SMILES string of the molecule is CCCn1c(SCC(=O)N[C@@H](C)CC)n[nH]c1=O. The molecule has 1 rings (SSSR count). The molecule has 1 aromatic heterocycles. The van der Waals surface area contributed by atoms with Crippen LogP contribution in [0, 0.1) is 0 Å². The maximum atomic E-state index is 11.6. The average molecular weight is 272 g/mol. The minimum absolute atomic E-state index is 0.0344. The number of hydrogen-bond acceptors (Lipinski definition) is 4. The summed E-state index contributed by atoms with van der Waals surface area (Å²) in [6.07, 6.45) is 1.76. The summed E-state index contributed by atoms with van der Waals surface area (Å²) in [6, 6.07) is 0.176. The van der Waals surface area contributed by atoms with Gasteiger partial charge in [0.25, 0.3) is 0 Å². The Kier molecular flexibility index (Phi) is 5.97. The second-order valence-corrected chi connectivity index (χ2v) is 5.07. The van der Waals surface area contributed by atoms with Crippen molar-refractivity contribution in [2.24, 2.45) is 0 Å². The lowest BCUT2D eigenvalue weighted by atomic mass is 10.3. The molecule has 2 N–H and O–H groups in total. The highest BCUT2D eigenvalue weighted by Gasteiger charge is 2.11. The molecule has 0 aliphatic rings. The maximum Gasteiger partial charge on any atom is 0.343 e. The van der Waals surface area contributed by atoms with E-state index in [1.54, 1.807) is 4.57 Å². The molecule has 0 aliphatic carbocycles. The van der Waals surface area contributed by atoms with Crippen molar-refractivity contribution in [2.75, 3.05) is 5.75 Å². The summed E-state index contributed by atoms with van der Waals surface area (Å²) in [7, 11) is 0. The molecule has 1 aromatic rings. The van der Waals surface area contributed by atoms with Crippen LogP contribution < -0.4 is 11.0 Å². The molecule has 1 heterocycles. The first-order chi connectivity index (χ1) is 8.58. The zero-order valence-corrected chi connectivity index (χ0v) is 11.8. The molecule has 0 fully saturated rings. The third-order valence-electron chi connectivity index (χ3n) is 2.52. The monoisotopic (exact) mass is 272 g/mol. The number of carbonyl (C=O) groups excluding carboxylic acids is 1. The smallest absolute Gasteiger partial charge is 0.343 e. The Bertz CT molecular complexity index is 440. The molecule has 0 saturated heterocycles. The van der Waals surface area contributed by atoms with Crippen LogP contribution in [0.15, 0.2) is 9.95 Å². The van der Waals surface area contributed by atoms with Gasteiger partial charge in [0.15, 0.2) is 5.16 Å². The Balaban J connectivity index is 2.53. The van der Waals surface area contributed by atoms with E-state index in [0.29, 0.717) is 11.7 Å². The third kappa shape index (κ3) is 4.21. The first-order valence-corrected chi connectivity index (χ1v) is 7.14. The molecule has 0 aliphatic heterocycles. The number of hydrogen-bond donors (Lipinski definition) is 2. The maximum absolute atomic E-state index is 11.6. The van der Waals surface area contributed by atoms with Gasteiger partial charge >= 0.3 is 5.69 Å². The van der Waals surface area contributed by atoms with Crippen LogP contribution in [0.3, 0.4) is 0 Å². The number of nitrogens with zero attached hydrogens (tertiary/aromatic N) is 2. The molecule has 6 nitrogen and oxygen atoms in total. The Hall–Kier alpha value is -1.24. The number of carbonyl (C=O) groups is 1. The van der Waals surface area contributed by atoms with Crippen molar-refractivity contribution in [3.8, 4) is 0 Å². The highest BCUT2D eigenvalue weighted by Crippen LogP contribution is 2.12. The van der Waals surface area contributed by atoms with Crippen LogP contribution >= 0.6 is 11.8 Å². The van der Waals surface area contributed by atoms with E-state index in [0.717, 1.165) is 12.8 Å². The van der Waals surface area contributed by atoms with Crippen molar-refractivity contribution >= 4 is 17.7 Å². The van der Waals surface area contributed by atoms with E-state index in [1.807, 2.05) is 20.8 Å². The summed E-state index contributed by atoms with van der Waals surface area (Å²) in [6.45, 7) is 6.59. The molecule has 0 bridgehead atoms. The highest BCUT2D eigenvalue weighted by molar-refractivity contribution is 7.99. The molecule has 7 heteroatoms. The minimum Gasteiger partial charge on any atom is -0.353 e. The topological polar surface area (TPSA) is 79.8 Å². The predicted molar refractivity (Wildman–Crippen MR) is 71.8 cm³/mol. The number of thioether (sulfide) groups is 1. The predicted octanol–water partition coefficient (Wildman–Crippen LogP) is 0.988. The number of aromatic amines is 1. The van der Waals surface area contributed by atoms with Gasteiger partial charge in [0.05, 0.1) is 5.75 Å². The van der Waals surface area contributed by atoms with Crippen molar-refractivity contribution in [2.45, 2.75) is 51.4 Å². The van der Waals surface area contributed by atoms with Crippen molar-refractivity contribution in [1.82, 2.24) is 20.1 Å². The van der Waals surface area contributed by atoms with Gasteiger partial charge in [0, 0.05) is 12.6 Å². The fourth-order valence-electron chi connectivity index (χ4n) is 1.38. The summed E-state index contributed by atoms with van der Waals surface area (Å²) in [5, 5.41) is 9.76. The van der Waals surface area contributed by atoms with Crippen LogP contribution in [-0.2, 0) is 11.3 Å². The Morgan fingerprint density at radius 2 is 2.28 bits per heavy atom. The third-order valence-corrected chi connectivity index (χ3v) is 3.50. The molecule has 0 unspecified atom stereocenters. The first kappa shape index (κ1) is 14.8. The number of rotatable bonds is 7. The molecule has 0 aromatic carbocycles. The molecular formula is C11H20N4O2S. The standard InChI is InChI=1S/C11H20N4O2S/c1-4-6-15-10(17)13-14-11(15)18-7-9(16)12-8(3)5-2/h8H,4-7H2,1-3H3,(H,12,16)(H,13,17)/t8-/m0/s1. The van der Waals surface area contributed by atoms with Gasteiger partial charge in [-0.1, -0.05) is 25.6 Å². The van der Waals surface area contributed by atoms with Gasteiger partial charge in [-0.2, -0.15) is 0 Å². The lowest BCUT2D eigenvalue weighted by Gasteiger charge is -2.10. The zero-order valence-electron chi connectivity index (χ0n) is 11.0. The average Bonchev–Trinajstić information content (AvgIpc) is 2.69. The fourth-order valence-corrected chi connectivity index (χ4v) is 2.17. The molecule has 102 valence electrons. The van der Waals surface area contributed by atoms with Gasteiger partial charge < -0.3 is 5.32 Å².